The molecule has 3 unspecified atom stereocenters. The van der Waals surface area contributed by atoms with Crippen LogP contribution in [0.4, 0.5) is 0 Å². The summed E-state index contributed by atoms with van der Waals surface area (Å²) in [6, 6.07) is 0.253. The molecule has 1 aliphatic carbocycles. The number of hydrogen-bond donors (Lipinski definition) is 2. The van der Waals surface area contributed by atoms with E-state index in [-0.39, 0.29) is 28.4 Å². The van der Waals surface area contributed by atoms with Gasteiger partial charge in [-0.2, -0.15) is 0 Å². The summed E-state index contributed by atoms with van der Waals surface area (Å²) in [7, 11) is 0.508. The molecule has 3 atom stereocenters. The molecule has 18 heavy (non-hydrogen) atoms. The molecule has 1 aliphatic rings. The minimum atomic E-state index is -1.08. The molecule has 5 heteroatoms. The Kier molecular flexibility index (Phi) is 5.79. The predicted molar refractivity (Wildman–Crippen MR) is 76.0 cm³/mol. The lowest BCUT2D eigenvalue weighted by atomic mass is 9.87. The molecule has 0 radical (unpaired) electrons. The average Bonchev–Trinajstić information content (AvgIpc) is 2.61. The zero-order valence-electron chi connectivity index (χ0n) is 11.9. The second kappa shape index (κ2) is 6.66. The molecule has 0 heterocycles. The lowest BCUT2D eigenvalue weighted by Gasteiger charge is -2.31. The van der Waals surface area contributed by atoms with Crippen LogP contribution in [0.25, 0.3) is 0 Å². The van der Waals surface area contributed by atoms with Crippen LogP contribution in [0.2, 0.25) is 0 Å². The maximum absolute atomic E-state index is 12.3. The van der Waals surface area contributed by atoms with E-state index in [0.717, 1.165) is 25.8 Å². The van der Waals surface area contributed by atoms with Crippen molar-refractivity contribution < 1.29 is 9.00 Å². The second-order valence-corrected chi connectivity index (χ2v) is 7.35. The van der Waals surface area contributed by atoms with Gasteiger partial charge in [-0.3, -0.25) is 9.00 Å². The minimum absolute atomic E-state index is 0.101. The fourth-order valence-electron chi connectivity index (χ4n) is 2.64. The predicted octanol–water partition coefficient (Wildman–Crippen LogP) is 1.04. The summed E-state index contributed by atoms with van der Waals surface area (Å²) in [6.07, 6.45) is 3.08. The van der Waals surface area contributed by atoms with Crippen LogP contribution in [0, 0.1) is 5.41 Å². The molecule has 1 amide bonds. The van der Waals surface area contributed by atoms with Crippen molar-refractivity contribution in [2.24, 2.45) is 5.41 Å². The van der Waals surface area contributed by atoms with Gasteiger partial charge in [-0.15, -0.1) is 0 Å². The van der Waals surface area contributed by atoms with E-state index >= 15 is 0 Å². The van der Waals surface area contributed by atoms with E-state index in [0.29, 0.717) is 0 Å². The van der Waals surface area contributed by atoms with Crippen LogP contribution < -0.4 is 10.6 Å². The molecule has 1 fully saturated rings. The molecular formula is C13H26N2O2S. The van der Waals surface area contributed by atoms with Gasteiger partial charge in [0.2, 0.25) is 5.91 Å². The zero-order valence-corrected chi connectivity index (χ0v) is 12.7. The van der Waals surface area contributed by atoms with Crippen LogP contribution >= 0.6 is 0 Å². The van der Waals surface area contributed by atoms with Crippen molar-refractivity contribution in [3.05, 3.63) is 0 Å². The monoisotopic (exact) mass is 274 g/mol. The molecule has 1 rings (SSSR count). The fourth-order valence-corrected chi connectivity index (χ4v) is 4.40. The Morgan fingerprint density at radius 3 is 2.67 bits per heavy atom. The van der Waals surface area contributed by atoms with Crippen molar-refractivity contribution in [2.45, 2.75) is 51.3 Å². The van der Waals surface area contributed by atoms with Crippen molar-refractivity contribution in [3.8, 4) is 0 Å². The summed E-state index contributed by atoms with van der Waals surface area (Å²) in [6.45, 7) is 7.52. The quantitative estimate of drug-likeness (QED) is 0.761. The summed E-state index contributed by atoms with van der Waals surface area (Å²) in [5.41, 5.74) is 0.165. The molecule has 4 nitrogen and oxygen atoms in total. The minimum Gasteiger partial charge on any atom is -0.358 e. The number of rotatable bonds is 6. The lowest BCUT2D eigenvalue weighted by Crippen LogP contribution is -2.47. The molecule has 1 saturated carbocycles. The van der Waals surface area contributed by atoms with E-state index in [1.54, 1.807) is 7.05 Å². The molecule has 0 aliphatic heterocycles. The lowest BCUT2D eigenvalue weighted by molar-refractivity contribution is -0.118. The Balaban J connectivity index is 2.68. The van der Waals surface area contributed by atoms with Crippen LogP contribution in [0.5, 0.6) is 0 Å². The maximum atomic E-state index is 12.3. The summed E-state index contributed by atoms with van der Waals surface area (Å²) < 4.78 is 12.3. The molecule has 0 aromatic heterocycles. The van der Waals surface area contributed by atoms with E-state index in [4.69, 9.17) is 0 Å². The van der Waals surface area contributed by atoms with Gasteiger partial charge in [0.25, 0.3) is 0 Å². The normalized spacial score (nSPS) is 28.0. The highest BCUT2D eigenvalue weighted by atomic mass is 32.2. The Labute approximate surface area is 113 Å². The van der Waals surface area contributed by atoms with Gasteiger partial charge in [-0.1, -0.05) is 20.8 Å². The van der Waals surface area contributed by atoms with Gasteiger partial charge in [0.05, 0.1) is 5.25 Å². The van der Waals surface area contributed by atoms with Crippen LogP contribution in [0.1, 0.15) is 40.0 Å². The third-order valence-corrected chi connectivity index (χ3v) is 5.52. The van der Waals surface area contributed by atoms with Crippen LogP contribution in [-0.4, -0.2) is 40.8 Å². The molecule has 0 spiro atoms. The number of carbonyl (C=O) groups is 1. The largest absolute Gasteiger partial charge is 0.358 e. The number of carbonyl (C=O) groups excluding carboxylic acids is 1. The van der Waals surface area contributed by atoms with E-state index in [9.17, 15) is 9.00 Å². The number of nitrogens with one attached hydrogen (secondary N) is 2. The van der Waals surface area contributed by atoms with Crippen molar-refractivity contribution in [3.63, 3.8) is 0 Å². The maximum Gasteiger partial charge on any atom is 0.232 e. The van der Waals surface area contributed by atoms with Crippen LogP contribution in [0.15, 0.2) is 0 Å². The van der Waals surface area contributed by atoms with E-state index in [1.165, 1.54) is 0 Å². The van der Waals surface area contributed by atoms with Gasteiger partial charge >= 0.3 is 0 Å². The van der Waals surface area contributed by atoms with Gasteiger partial charge in [0.1, 0.15) is 5.75 Å². The Morgan fingerprint density at radius 1 is 1.44 bits per heavy atom. The third kappa shape index (κ3) is 3.79. The first-order chi connectivity index (χ1) is 8.42. The SMILES string of the molecule is CCCNC1C(S(=O)CC(=O)NC)CCC1(C)C. The molecule has 0 saturated heterocycles. The number of hydrogen-bond acceptors (Lipinski definition) is 3. The van der Waals surface area contributed by atoms with Gasteiger partial charge in [0.15, 0.2) is 0 Å². The Bertz CT molecular complexity index is 318. The summed E-state index contributed by atoms with van der Waals surface area (Å²) in [5, 5.41) is 6.17. The van der Waals surface area contributed by atoms with Crippen molar-refractivity contribution in [1.82, 2.24) is 10.6 Å². The first-order valence-corrected chi connectivity index (χ1v) is 8.11. The Hall–Kier alpha value is -0.420. The van der Waals surface area contributed by atoms with E-state index in [1.807, 2.05) is 0 Å². The fraction of sp³-hybridized carbons (Fsp3) is 0.923. The van der Waals surface area contributed by atoms with Crippen LogP contribution in [-0.2, 0) is 15.6 Å². The van der Waals surface area contributed by atoms with Gasteiger partial charge in [-0.25, -0.2) is 0 Å². The van der Waals surface area contributed by atoms with Crippen molar-refractivity contribution >= 4 is 16.7 Å². The first kappa shape index (κ1) is 15.6. The second-order valence-electron chi connectivity index (χ2n) is 5.70. The molecule has 0 aromatic rings. The number of amides is 1. The first-order valence-electron chi connectivity index (χ1n) is 6.73. The molecule has 2 N–H and O–H groups in total. The van der Waals surface area contributed by atoms with Gasteiger partial charge in [0, 0.05) is 23.9 Å². The van der Waals surface area contributed by atoms with E-state index < -0.39 is 10.8 Å². The summed E-state index contributed by atoms with van der Waals surface area (Å²) in [4.78, 5) is 11.3. The van der Waals surface area contributed by atoms with Crippen LogP contribution in [0.3, 0.4) is 0 Å². The van der Waals surface area contributed by atoms with Crippen molar-refractivity contribution in [1.29, 1.82) is 0 Å². The highest BCUT2D eigenvalue weighted by Crippen LogP contribution is 2.39. The highest BCUT2D eigenvalue weighted by Gasteiger charge is 2.44. The zero-order chi connectivity index (χ0) is 13.8. The average molecular weight is 274 g/mol. The van der Waals surface area contributed by atoms with Crippen molar-refractivity contribution in [2.75, 3.05) is 19.3 Å². The Morgan fingerprint density at radius 2 is 2.11 bits per heavy atom. The third-order valence-electron chi connectivity index (χ3n) is 3.79. The standard InChI is InChI=1S/C13H26N2O2S/c1-5-8-15-12-10(6-7-13(12,2)3)18(17)9-11(16)14-4/h10,12,15H,5-9H2,1-4H3,(H,14,16). The summed E-state index contributed by atoms with van der Waals surface area (Å²) in [5.74, 6) is -0.00561. The molecule has 0 aromatic carbocycles. The van der Waals surface area contributed by atoms with Gasteiger partial charge in [-0.05, 0) is 31.2 Å². The highest BCUT2D eigenvalue weighted by molar-refractivity contribution is 7.86. The summed E-state index contributed by atoms with van der Waals surface area (Å²) >= 11 is 0. The topological polar surface area (TPSA) is 58.2 Å². The molecular weight excluding hydrogens is 248 g/mol. The smallest absolute Gasteiger partial charge is 0.232 e. The van der Waals surface area contributed by atoms with E-state index in [2.05, 4.69) is 31.4 Å². The molecule has 106 valence electrons. The van der Waals surface area contributed by atoms with Gasteiger partial charge < -0.3 is 10.6 Å². The molecule has 0 bridgehead atoms.